The Balaban J connectivity index is 1.22. The van der Waals surface area contributed by atoms with Gasteiger partial charge in [-0.1, -0.05) is 24.3 Å². The number of hydrogen-bond acceptors (Lipinski definition) is 10. The number of ether oxygens (including phenoxy) is 3. The number of anilines is 2. The summed E-state index contributed by atoms with van der Waals surface area (Å²) >= 11 is 0. The summed E-state index contributed by atoms with van der Waals surface area (Å²) in [6.45, 7) is 6.79. The number of benzene rings is 2. The number of para-hydroxylation sites is 1. The van der Waals surface area contributed by atoms with Crippen LogP contribution in [0.15, 0.2) is 48.8 Å². The molecule has 2 aliphatic heterocycles. The van der Waals surface area contributed by atoms with Gasteiger partial charge in [0.25, 0.3) is 0 Å². The third-order valence-corrected chi connectivity index (χ3v) is 6.46. The highest BCUT2D eigenvalue weighted by Crippen LogP contribution is 2.34. The van der Waals surface area contributed by atoms with E-state index >= 15 is 0 Å². The molecule has 2 aromatic carbocycles. The second-order valence-corrected chi connectivity index (χ2v) is 8.82. The second kappa shape index (κ2) is 11.3. The molecule has 11 nitrogen and oxygen atoms in total. The Kier molecular flexibility index (Phi) is 7.50. The van der Waals surface area contributed by atoms with Gasteiger partial charge in [0.15, 0.2) is 11.5 Å². The zero-order chi connectivity index (χ0) is 25.6. The van der Waals surface area contributed by atoms with Crippen LogP contribution in [0.2, 0.25) is 0 Å². The number of rotatable bonds is 10. The van der Waals surface area contributed by atoms with Crippen LogP contribution in [0.3, 0.4) is 0 Å². The maximum absolute atomic E-state index is 12.1. The number of hydrogen-bond donors (Lipinski definition) is 1. The quantitative estimate of drug-likeness (QED) is 0.324. The van der Waals surface area contributed by atoms with E-state index < -0.39 is 4.92 Å². The standard InChI is InChI=1S/C26H30N6O5/c1-2-35-21-6-4-3-5-20(21)9-10-27-25-24(32(33)34)26(29-17-28-25)31-13-11-30(12-14-31)16-19-7-8-22-23(15-19)37-18-36-22/h3-8,15,17H,2,9-14,16,18H2,1H3,(H,27,28,29). The fraction of sp³-hybridized carbons (Fsp3) is 0.385. The summed E-state index contributed by atoms with van der Waals surface area (Å²) in [5.74, 6) is 2.94. The van der Waals surface area contributed by atoms with E-state index in [-0.39, 0.29) is 18.3 Å². The molecule has 2 aliphatic rings. The van der Waals surface area contributed by atoms with Crippen molar-refractivity contribution < 1.29 is 19.1 Å². The first-order chi connectivity index (χ1) is 18.1. The smallest absolute Gasteiger partial charge is 0.353 e. The predicted molar refractivity (Wildman–Crippen MR) is 139 cm³/mol. The molecule has 0 amide bonds. The lowest BCUT2D eigenvalue weighted by Crippen LogP contribution is -2.46. The minimum atomic E-state index is -0.398. The lowest BCUT2D eigenvalue weighted by atomic mass is 10.1. The van der Waals surface area contributed by atoms with Crippen LogP contribution in [0.5, 0.6) is 17.2 Å². The Bertz CT molecular complexity index is 1250. The monoisotopic (exact) mass is 506 g/mol. The lowest BCUT2D eigenvalue weighted by Gasteiger charge is -2.35. The van der Waals surface area contributed by atoms with E-state index in [1.807, 2.05) is 54.3 Å². The van der Waals surface area contributed by atoms with Crippen LogP contribution in [0, 0.1) is 10.1 Å². The van der Waals surface area contributed by atoms with E-state index in [9.17, 15) is 10.1 Å². The Labute approximate surface area is 215 Å². The Morgan fingerprint density at radius 3 is 2.70 bits per heavy atom. The van der Waals surface area contributed by atoms with Crippen LogP contribution in [-0.4, -0.2) is 65.9 Å². The first kappa shape index (κ1) is 24.6. The van der Waals surface area contributed by atoms with Gasteiger partial charge in [-0.2, -0.15) is 0 Å². The molecule has 1 N–H and O–H groups in total. The minimum absolute atomic E-state index is 0.0928. The highest BCUT2D eigenvalue weighted by atomic mass is 16.7. The summed E-state index contributed by atoms with van der Waals surface area (Å²) in [6.07, 6.45) is 2.03. The Hall–Kier alpha value is -4.12. The van der Waals surface area contributed by atoms with Crippen LogP contribution in [0.25, 0.3) is 0 Å². The van der Waals surface area contributed by atoms with Gasteiger partial charge in [-0.25, -0.2) is 9.97 Å². The molecule has 1 saturated heterocycles. The maximum Gasteiger partial charge on any atom is 0.353 e. The minimum Gasteiger partial charge on any atom is -0.494 e. The number of nitrogens with zero attached hydrogens (tertiary/aromatic N) is 5. The van der Waals surface area contributed by atoms with Gasteiger partial charge in [0, 0.05) is 39.3 Å². The molecule has 11 heteroatoms. The van der Waals surface area contributed by atoms with Gasteiger partial charge in [0.2, 0.25) is 18.4 Å². The SMILES string of the molecule is CCOc1ccccc1CCNc1ncnc(N2CCN(Cc3ccc4c(c3)OCO4)CC2)c1[N+](=O)[O-]. The molecule has 3 aromatic rings. The van der Waals surface area contributed by atoms with E-state index in [4.69, 9.17) is 14.2 Å². The molecule has 0 radical (unpaired) electrons. The summed E-state index contributed by atoms with van der Waals surface area (Å²) in [5, 5.41) is 15.2. The first-order valence-corrected chi connectivity index (χ1v) is 12.4. The van der Waals surface area contributed by atoms with Crippen molar-refractivity contribution in [2.24, 2.45) is 0 Å². The van der Waals surface area contributed by atoms with Crippen molar-refractivity contribution in [2.75, 3.05) is 56.3 Å². The van der Waals surface area contributed by atoms with E-state index in [2.05, 4.69) is 20.2 Å². The molecule has 0 spiro atoms. The van der Waals surface area contributed by atoms with Crippen molar-refractivity contribution in [1.29, 1.82) is 0 Å². The Morgan fingerprint density at radius 1 is 1.08 bits per heavy atom. The molecule has 3 heterocycles. The highest BCUT2D eigenvalue weighted by Gasteiger charge is 2.29. The summed E-state index contributed by atoms with van der Waals surface area (Å²) < 4.78 is 16.6. The average Bonchev–Trinajstić information content (AvgIpc) is 3.38. The number of aromatic nitrogens is 2. The molecule has 0 unspecified atom stereocenters. The summed E-state index contributed by atoms with van der Waals surface area (Å²) in [5.41, 5.74) is 2.08. The van der Waals surface area contributed by atoms with Gasteiger partial charge in [0.1, 0.15) is 12.1 Å². The van der Waals surface area contributed by atoms with Crippen LogP contribution in [0.1, 0.15) is 18.1 Å². The van der Waals surface area contributed by atoms with Gasteiger partial charge >= 0.3 is 5.69 Å². The average molecular weight is 507 g/mol. The molecule has 0 aliphatic carbocycles. The van der Waals surface area contributed by atoms with Crippen molar-refractivity contribution in [3.8, 4) is 17.2 Å². The second-order valence-electron chi connectivity index (χ2n) is 8.82. The molecule has 37 heavy (non-hydrogen) atoms. The molecule has 1 fully saturated rings. The summed E-state index contributed by atoms with van der Waals surface area (Å²) in [7, 11) is 0. The predicted octanol–water partition coefficient (Wildman–Crippen LogP) is 3.49. The van der Waals surface area contributed by atoms with Crippen LogP contribution in [-0.2, 0) is 13.0 Å². The van der Waals surface area contributed by atoms with E-state index in [0.29, 0.717) is 38.5 Å². The molecule has 5 rings (SSSR count). The van der Waals surface area contributed by atoms with Gasteiger partial charge in [-0.15, -0.1) is 0 Å². The Morgan fingerprint density at radius 2 is 1.89 bits per heavy atom. The van der Waals surface area contributed by atoms with E-state index in [0.717, 1.165) is 48.0 Å². The summed E-state index contributed by atoms with van der Waals surface area (Å²) in [6, 6.07) is 13.8. The van der Waals surface area contributed by atoms with Gasteiger partial charge in [0.05, 0.1) is 11.5 Å². The van der Waals surface area contributed by atoms with Gasteiger partial charge in [-0.3, -0.25) is 15.0 Å². The topological polar surface area (TPSA) is 115 Å². The fourth-order valence-corrected chi connectivity index (χ4v) is 4.64. The molecule has 0 atom stereocenters. The molecule has 0 saturated carbocycles. The molecule has 0 bridgehead atoms. The van der Waals surface area contributed by atoms with Crippen molar-refractivity contribution in [3.05, 3.63) is 70.0 Å². The van der Waals surface area contributed by atoms with Crippen molar-refractivity contribution >= 4 is 17.3 Å². The van der Waals surface area contributed by atoms with Crippen LogP contribution in [0.4, 0.5) is 17.3 Å². The zero-order valence-electron chi connectivity index (χ0n) is 20.8. The number of fused-ring (bicyclic) bond motifs is 1. The number of nitro groups is 1. The van der Waals surface area contributed by atoms with E-state index in [1.54, 1.807) is 0 Å². The highest BCUT2D eigenvalue weighted by molar-refractivity contribution is 5.70. The molecular formula is C26H30N6O5. The van der Waals surface area contributed by atoms with Gasteiger partial charge in [-0.05, 0) is 42.7 Å². The molecule has 194 valence electrons. The molecule has 1 aromatic heterocycles. The van der Waals surface area contributed by atoms with Crippen LogP contribution >= 0.6 is 0 Å². The third-order valence-electron chi connectivity index (χ3n) is 6.46. The number of nitrogens with one attached hydrogen (secondary N) is 1. The fourth-order valence-electron chi connectivity index (χ4n) is 4.64. The van der Waals surface area contributed by atoms with Gasteiger partial charge < -0.3 is 24.4 Å². The number of piperazine rings is 1. The lowest BCUT2D eigenvalue weighted by molar-refractivity contribution is -0.383. The van der Waals surface area contributed by atoms with Crippen molar-refractivity contribution in [1.82, 2.24) is 14.9 Å². The maximum atomic E-state index is 12.1. The van der Waals surface area contributed by atoms with Crippen molar-refractivity contribution in [3.63, 3.8) is 0 Å². The first-order valence-electron chi connectivity index (χ1n) is 12.4. The van der Waals surface area contributed by atoms with E-state index in [1.165, 1.54) is 6.33 Å². The third kappa shape index (κ3) is 5.67. The van der Waals surface area contributed by atoms with Crippen molar-refractivity contribution in [2.45, 2.75) is 19.9 Å². The zero-order valence-corrected chi connectivity index (χ0v) is 20.8. The summed E-state index contributed by atoms with van der Waals surface area (Å²) in [4.78, 5) is 24.4. The largest absolute Gasteiger partial charge is 0.494 e. The normalized spacial score (nSPS) is 15.0. The molecular weight excluding hydrogens is 476 g/mol. The van der Waals surface area contributed by atoms with Crippen LogP contribution < -0.4 is 24.4 Å².